The van der Waals surface area contributed by atoms with Crippen molar-refractivity contribution in [1.82, 2.24) is 0 Å². The van der Waals surface area contributed by atoms with Crippen LogP contribution in [0.1, 0.15) is 31.9 Å². The molecule has 0 amide bonds. The van der Waals surface area contributed by atoms with Crippen LogP contribution >= 0.6 is 0 Å². The summed E-state index contributed by atoms with van der Waals surface area (Å²) in [4.78, 5) is 0. The molecule has 82 valence electrons. The Morgan fingerprint density at radius 2 is 2.20 bits per heavy atom. The zero-order chi connectivity index (χ0) is 11.1. The Morgan fingerprint density at radius 3 is 2.87 bits per heavy atom. The topological polar surface area (TPSA) is 38.7 Å². The largest absolute Gasteiger partial charge is 0.497 e. The van der Waals surface area contributed by atoms with Gasteiger partial charge in [-0.3, -0.25) is 0 Å². The lowest BCUT2D eigenvalue weighted by molar-refractivity contribution is 0.0113. The quantitative estimate of drug-likeness (QED) is 0.769. The highest BCUT2D eigenvalue weighted by Crippen LogP contribution is 2.40. The van der Waals surface area contributed by atoms with Gasteiger partial charge in [-0.05, 0) is 26.0 Å². The van der Waals surface area contributed by atoms with E-state index in [0.29, 0.717) is 6.42 Å². The molecule has 0 spiro atoms. The maximum atomic E-state index is 9.94. The average Bonchev–Trinajstić information content (AvgIpc) is 2.14. The summed E-state index contributed by atoms with van der Waals surface area (Å²) in [6.45, 7) is 3.94. The summed E-state index contributed by atoms with van der Waals surface area (Å²) in [5.41, 5.74) is 0.522. The number of aliphatic hydroxyl groups excluding tert-OH is 1. The number of hydrogen-bond acceptors (Lipinski definition) is 3. The second-order valence-electron chi connectivity index (χ2n) is 4.49. The first-order valence-electron chi connectivity index (χ1n) is 5.07. The van der Waals surface area contributed by atoms with Crippen LogP contribution in [0.4, 0.5) is 0 Å². The van der Waals surface area contributed by atoms with Gasteiger partial charge in [-0.2, -0.15) is 0 Å². The molecule has 0 bridgehead atoms. The zero-order valence-electron chi connectivity index (χ0n) is 9.28. The van der Waals surface area contributed by atoms with E-state index in [1.54, 1.807) is 7.11 Å². The minimum Gasteiger partial charge on any atom is -0.497 e. The maximum Gasteiger partial charge on any atom is 0.129 e. The average molecular weight is 208 g/mol. The number of hydrogen-bond donors (Lipinski definition) is 1. The van der Waals surface area contributed by atoms with Crippen molar-refractivity contribution in [2.75, 3.05) is 7.11 Å². The minimum atomic E-state index is -0.449. The van der Waals surface area contributed by atoms with Gasteiger partial charge in [-0.1, -0.05) is 0 Å². The monoisotopic (exact) mass is 208 g/mol. The molecule has 0 saturated carbocycles. The molecule has 1 unspecified atom stereocenters. The lowest BCUT2D eigenvalue weighted by atomic mass is 9.92. The second-order valence-corrected chi connectivity index (χ2v) is 4.49. The van der Waals surface area contributed by atoms with Crippen LogP contribution in [0.5, 0.6) is 11.5 Å². The summed E-state index contributed by atoms with van der Waals surface area (Å²) in [6.07, 6.45) is 0.168. The fraction of sp³-hybridized carbons (Fsp3) is 0.500. The molecule has 15 heavy (non-hydrogen) atoms. The molecular formula is C12H16O3. The van der Waals surface area contributed by atoms with Crippen LogP contribution in [0.2, 0.25) is 0 Å². The van der Waals surface area contributed by atoms with Crippen LogP contribution in [0.3, 0.4) is 0 Å². The predicted molar refractivity (Wildman–Crippen MR) is 57.3 cm³/mol. The number of aliphatic hydroxyl groups is 1. The first-order chi connectivity index (χ1) is 7.02. The van der Waals surface area contributed by atoms with Gasteiger partial charge < -0.3 is 14.6 Å². The molecule has 0 saturated heterocycles. The van der Waals surface area contributed by atoms with Crippen molar-refractivity contribution in [2.45, 2.75) is 32.0 Å². The van der Waals surface area contributed by atoms with Crippen molar-refractivity contribution in [3.8, 4) is 11.5 Å². The molecule has 0 fully saturated rings. The van der Waals surface area contributed by atoms with Crippen molar-refractivity contribution in [1.29, 1.82) is 0 Å². The molecule has 1 aromatic rings. The number of fused-ring (bicyclic) bond motifs is 1. The Labute approximate surface area is 89.6 Å². The van der Waals surface area contributed by atoms with Crippen LogP contribution in [-0.4, -0.2) is 17.8 Å². The van der Waals surface area contributed by atoms with Gasteiger partial charge in [0, 0.05) is 18.1 Å². The molecule has 1 N–H and O–H groups in total. The van der Waals surface area contributed by atoms with E-state index >= 15 is 0 Å². The molecule has 1 aliphatic heterocycles. The van der Waals surface area contributed by atoms with Crippen LogP contribution in [0.25, 0.3) is 0 Å². The molecule has 2 rings (SSSR count). The molecule has 1 aliphatic rings. The van der Waals surface area contributed by atoms with E-state index in [2.05, 4.69) is 0 Å². The van der Waals surface area contributed by atoms with Crippen LogP contribution in [0.15, 0.2) is 18.2 Å². The van der Waals surface area contributed by atoms with E-state index in [4.69, 9.17) is 9.47 Å². The van der Waals surface area contributed by atoms with Gasteiger partial charge in [-0.15, -0.1) is 0 Å². The zero-order valence-corrected chi connectivity index (χ0v) is 9.28. The lowest BCUT2D eigenvalue weighted by Gasteiger charge is -2.35. The number of methoxy groups -OCH3 is 1. The SMILES string of the molecule is COc1ccc2c(c1)OC(C)(C)CC2O. The number of rotatable bonds is 1. The van der Waals surface area contributed by atoms with Crippen LogP contribution in [0, 0.1) is 0 Å². The molecule has 1 heterocycles. The van der Waals surface area contributed by atoms with Gasteiger partial charge in [0.2, 0.25) is 0 Å². The summed E-state index contributed by atoms with van der Waals surface area (Å²) >= 11 is 0. The normalized spacial score (nSPS) is 22.8. The van der Waals surface area contributed by atoms with Crippen LogP contribution < -0.4 is 9.47 Å². The van der Waals surface area contributed by atoms with E-state index in [1.807, 2.05) is 32.0 Å². The highest BCUT2D eigenvalue weighted by Gasteiger charge is 2.32. The summed E-state index contributed by atoms with van der Waals surface area (Å²) < 4.78 is 10.9. The summed E-state index contributed by atoms with van der Waals surface area (Å²) in [6, 6.07) is 5.51. The Kier molecular flexibility index (Phi) is 2.35. The Bertz CT molecular complexity index is 371. The predicted octanol–water partition coefficient (Wildman–Crippen LogP) is 2.29. The molecule has 0 aromatic heterocycles. The molecule has 3 nitrogen and oxygen atoms in total. The Hall–Kier alpha value is -1.22. The third-order valence-corrected chi connectivity index (χ3v) is 2.65. The third-order valence-electron chi connectivity index (χ3n) is 2.65. The summed E-state index contributed by atoms with van der Waals surface area (Å²) in [5, 5.41) is 9.94. The van der Waals surface area contributed by atoms with Gasteiger partial charge in [0.05, 0.1) is 13.2 Å². The first kappa shape index (κ1) is 10.3. The highest BCUT2D eigenvalue weighted by molar-refractivity contribution is 5.43. The molecule has 0 radical (unpaired) electrons. The number of ether oxygens (including phenoxy) is 2. The fourth-order valence-corrected chi connectivity index (χ4v) is 1.92. The molecule has 1 aromatic carbocycles. The van der Waals surface area contributed by atoms with Gasteiger partial charge in [0.25, 0.3) is 0 Å². The van der Waals surface area contributed by atoms with Crippen molar-refractivity contribution in [2.24, 2.45) is 0 Å². The van der Waals surface area contributed by atoms with E-state index in [0.717, 1.165) is 17.1 Å². The molecule has 0 aliphatic carbocycles. The number of benzene rings is 1. The summed E-state index contributed by atoms with van der Waals surface area (Å²) in [7, 11) is 1.62. The second kappa shape index (κ2) is 3.42. The summed E-state index contributed by atoms with van der Waals surface area (Å²) in [5.74, 6) is 1.47. The van der Waals surface area contributed by atoms with Crippen molar-refractivity contribution < 1.29 is 14.6 Å². The van der Waals surface area contributed by atoms with E-state index in [9.17, 15) is 5.11 Å². The van der Waals surface area contributed by atoms with Crippen LogP contribution in [-0.2, 0) is 0 Å². The Morgan fingerprint density at radius 1 is 1.47 bits per heavy atom. The van der Waals surface area contributed by atoms with Crippen molar-refractivity contribution in [3.63, 3.8) is 0 Å². The Balaban J connectivity index is 2.42. The minimum absolute atomic E-state index is 0.321. The van der Waals surface area contributed by atoms with E-state index in [-0.39, 0.29) is 5.60 Å². The van der Waals surface area contributed by atoms with E-state index < -0.39 is 6.10 Å². The van der Waals surface area contributed by atoms with Gasteiger partial charge in [0.15, 0.2) is 0 Å². The molecular weight excluding hydrogens is 192 g/mol. The lowest BCUT2D eigenvalue weighted by Crippen LogP contribution is -2.34. The van der Waals surface area contributed by atoms with Gasteiger partial charge in [-0.25, -0.2) is 0 Å². The fourth-order valence-electron chi connectivity index (χ4n) is 1.92. The first-order valence-corrected chi connectivity index (χ1v) is 5.07. The van der Waals surface area contributed by atoms with Gasteiger partial charge in [0.1, 0.15) is 17.1 Å². The van der Waals surface area contributed by atoms with Gasteiger partial charge >= 0.3 is 0 Å². The van der Waals surface area contributed by atoms with E-state index in [1.165, 1.54) is 0 Å². The smallest absolute Gasteiger partial charge is 0.129 e. The van der Waals surface area contributed by atoms with Crippen molar-refractivity contribution in [3.05, 3.63) is 23.8 Å². The maximum absolute atomic E-state index is 9.94. The van der Waals surface area contributed by atoms with Crippen molar-refractivity contribution >= 4 is 0 Å². The third kappa shape index (κ3) is 1.92. The molecule has 3 heteroatoms. The standard InChI is InChI=1S/C12H16O3/c1-12(2)7-10(13)9-5-4-8(14-3)6-11(9)15-12/h4-6,10,13H,7H2,1-3H3. The highest BCUT2D eigenvalue weighted by atomic mass is 16.5. The molecule has 1 atom stereocenters.